The van der Waals surface area contributed by atoms with Gasteiger partial charge in [-0.15, -0.1) is 0 Å². The van der Waals surface area contributed by atoms with Gasteiger partial charge in [0.2, 0.25) is 5.69 Å². The van der Waals surface area contributed by atoms with Gasteiger partial charge < -0.3 is 9.64 Å². The Morgan fingerprint density at radius 1 is 0.773 bits per heavy atom. The normalized spacial score (nSPS) is 20.0. The van der Waals surface area contributed by atoms with E-state index in [-0.39, 0.29) is 10.8 Å². The molecule has 3 aliphatic rings. The molecule has 6 rings (SSSR count). The molecule has 0 aromatic heterocycles. The van der Waals surface area contributed by atoms with Gasteiger partial charge in [0.25, 0.3) is 0 Å². The van der Waals surface area contributed by atoms with Crippen molar-refractivity contribution >= 4 is 17.1 Å². The molecule has 3 nitrogen and oxygen atoms in total. The third-order valence-electron chi connectivity index (χ3n) is 9.50. The zero-order chi connectivity index (χ0) is 31.2. The third-order valence-corrected chi connectivity index (χ3v) is 9.50. The second-order valence-corrected chi connectivity index (χ2v) is 13.2. The first-order valence-corrected chi connectivity index (χ1v) is 16.0. The van der Waals surface area contributed by atoms with Crippen molar-refractivity contribution in [1.29, 1.82) is 0 Å². The van der Waals surface area contributed by atoms with Crippen molar-refractivity contribution in [3.8, 4) is 5.75 Å². The molecule has 3 heteroatoms. The molecule has 0 spiro atoms. The van der Waals surface area contributed by atoms with Gasteiger partial charge in [-0.3, -0.25) is 0 Å². The predicted molar refractivity (Wildman–Crippen MR) is 185 cm³/mol. The lowest BCUT2D eigenvalue weighted by atomic mass is 9.81. The molecule has 44 heavy (non-hydrogen) atoms. The van der Waals surface area contributed by atoms with Crippen LogP contribution in [0.4, 0.5) is 11.4 Å². The third kappa shape index (κ3) is 4.99. The molecule has 0 N–H and O–H groups in total. The Hall–Kier alpha value is -4.37. The van der Waals surface area contributed by atoms with Gasteiger partial charge in [-0.2, -0.15) is 4.58 Å². The SMILES string of the molecule is CCN1/C(=C/C=C2\C=CC(/C=C/C3=[N+](CC)c4ccc(C)cc4C3(C)C)=C2Oc2ccccc2)C(C)(C)c2cc(C)ccc21. The van der Waals surface area contributed by atoms with E-state index in [1.165, 1.54) is 45.0 Å². The summed E-state index contributed by atoms with van der Waals surface area (Å²) in [4.78, 5) is 2.45. The smallest absolute Gasteiger partial charge is 0.209 e. The highest BCUT2D eigenvalue weighted by atomic mass is 16.5. The number of hydrogen-bond acceptors (Lipinski definition) is 2. The summed E-state index contributed by atoms with van der Waals surface area (Å²) in [5.74, 6) is 1.71. The van der Waals surface area contributed by atoms with Crippen molar-refractivity contribution in [2.24, 2.45) is 0 Å². The predicted octanol–water partition coefficient (Wildman–Crippen LogP) is 9.79. The van der Waals surface area contributed by atoms with Crippen LogP contribution in [-0.4, -0.2) is 23.4 Å². The lowest BCUT2D eigenvalue weighted by Crippen LogP contribution is -2.27. The van der Waals surface area contributed by atoms with Crippen LogP contribution in [0.5, 0.6) is 5.75 Å². The molecule has 0 atom stereocenters. The fourth-order valence-corrected chi connectivity index (χ4v) is 7.08. The highest BCUT2D eigenvalue weighted by Crippen LogP contribution is 2.48. The number of anilines is 1. The molecule has 0 bridgehead atoms. The van der Waals surface area contributed by atoms with Gasteiger partial charge in [-0.25, -0.2) is 0 Å². The average molecular weight is 582 g/mol. The van der Waals surface area contributed by atoms with Crippen molar-refractivity contribution in [2.45, 2.75) is 66.2 Å². The van der Waals surface area contributed by atoms with Crippen LogP contribution >= 0.6 is 0 Å². The molecule has 0 saturated heterocycles. The standard InChI is InChI=1S/C41H45N2O/c1-9-42-35-22-16-28(3)26-33(35)40(5,6)37(42)24-20-30-18-19-31(39(30)44-32-14-12-11-13-15-32)21-25-38-41(7,8)34-27-29(4)17-23-36(34)43(38)10-2/h11-27H,9-10H2,1-8H3/q+1. The fraction of sp³-hybridized carbons (Fsp3) is 0.293. The first-order chi connectivity index (χ1) is 21.1. The van der Waals surface area contributed by atoms with Crippen molar-refractivity contribution < 1.29 is 9.31 Å². The molecule has 2 heterocycles. The molecular formula is C41H45N2O+. The Kier molecular flexibility index (Phi) is 7.61. The minimum atomic E-state index is -0.0920. The second kappa shape index (κ2) is 11.3. The Bertz CT molecular complexity index is 1810. The van der Waals surface area contributed by atoms with Crippen molar-refractivity contribution in [2.75, 3.05) is 18.0 Å². The molecule has 3 aromatic rings. The maximum atomic E-state index is 6.63. The highest BCUT2D eigenvalue weighted by Gasteiger charge is 2.44. The fourth-order valence-electron chi connectivity index (χ4n) is 7.08. The summed E-state index contributed by atoms with van der Waals surface area (Å²) in [5, 5.41) is 0. The summed E-state index contributed by atoms with van der Waals surface area (Å²) in [7, 11) is 0. The number of para-hydroxylation sites is 1. The number of ether oxygens (including phenoxy) is 1. The summed E-state index contributed by atoms with van der Waals surface area (Å²) >= 11 is 0. The van der Waals surface area contributed by atoms with E-state index < -0.39 is 0 Å². The van der Waals surface area contributed by atoms with Crippen molar-refractivity contribution in [1.82, 2.24) is 0 Å². The van der Waals surface area contributed by atoms with Crippen LogP contribution in [0.15, 0.2) is 126 Å². The second-order valence-electron chi connectivity index (χ2n) is 13.2. The molecule has 0 amide bonds. The number of allylic oxidation sites excluding steroid dienone is 8. The Morgan fingerprint density at radius 3 is 2.18 bits per heavy atom. The molecule has 0 radical (unpaired) electrons. The molecule has 0 saturated carbocycles. The van der Waals surface area contributed by atoms with Gasteiger partial charge in [-0.1, -0.05) is 73.5 Å². The van der Waals surface area contributed by atoms with Crippen LogP contribution in [0.1, 0.15) is 63.8 Å². The molecule has 0 fully saturated rings. The Morgan fingerprint density at radius 2 is 1.48 bits per heavy atom. The van der Waals surface area contributed by atoms with Crippen LogP contribution in [0, 0.1) is 13.8 Å². The number of fused-ring (bicyclic) bond motifs is 2. The van der Waals surface area contributed by atoms with Gasteiger partial charge in [0.05, 0.1) is 5.41 Å². The molecule has 3 aromatic carbocycles. The van der Waals surface area contributed by atoms with Gasteiger partial charge in [0, 0.05) is 52.2 Å². The zero-order valence-electron chi connectivity index (χ0n) is 27.5. The average Bonchev–Trinajstić information content (AvgIpc) is 3.55. The Balaban J connectivity index is 1.41. The summed E-state index contributed by atoms with van der Waals surface area (Å²) < 4.78 is 9.08. The number of nitrogens with zero attached hydrogens (tertiary/aromatic N) is 2. The minimum Gasteiger partial charge on any atom is -0.456 e. The molecule has 1 aliphatic carbocycles. The minimum absolute atomic E-state index is 0.0920. The number of likely N-dealkylation sites (N-methyl/N-ethyl adjacent to an activating group) is 1. The number of rotatable bonds is 7. The van der Waals surface area contributed by atoms with Crippen LogP contribution in [0.25, 0.3) is 0 Å². The van der Waals surface area contributed by atoms with E-state index in [0.29, 0.717) is 0 Å². The number of hydrogen-bond donors (Lipinski definition) is 0. The van der Waals surface area contributed by atoms with Gasteiger partial charge in [-0.05, 0) is 89.6 Å². The van der Waals surface area contributed by atoms with E-state index in [1.54, 1.807) is 0 Å². The van der Waals surface area contributed by atoms with Gasteiger partial charge >= 0.3 is 0 Å². The van der Waals surface area contributed by atoms with Crippen LogP contribution < -0.4 is 9.64 Å². The van der Waals surface area contributed by atoms with Crippen molar-refractivity contribution in [3.63, 3.8) is 0 Å². The lowest BCUT2D eigenvalue weighted by molar-refractivity contribution is -0.433. The van der Waals surface area contributed by atoms with E-state index in [1.807, 2.05) is 30.3 Å². The summed E-state index contributed by atoms with van der Waals surface area (Å²) in [6, 6.07) is 23.8. The summed E-state index contributed by atoms with van der Waals surface area (Å²) in [6.45, 7) is 20.0. The zero-order valence-corrected chi connectivity index (χ0v) is 27.5. The maximum Gasteiger partial charge on any atom is 0.209 e. The summed E-state index contributed by atoms with van der Waals surface area (Å²) in [5.41, 5.74) is 12.6. The van der Waals surface area contributed by atoms with Crippen LogP contribution in [0.2, 0.25) is 0 Å². The first-order valence-electron chi connectivity index (χ1n) is 16.0. The van der Waals surface area contributed by atoms with Crippen molar-refractivity contribution in [3.05, 3.63) is 148 Å². The number of aryl methyl sites for hydroxylation is 2. The number of benzene rings is 3. The van der Waals surface area contributed by atoms with Crippen LogP contribution in [-0.2, 0) is 10.8 Å². The summed E-state index contributed by atoms with van der Waals surface area (Å²) in [6.07, 6.45) is 13.4. The Labute approximate surface area is 263 Å². The molecule has 0 unspecified atom stereocenters. The maximum absolute atomic E-state index is 6.63. The quantitative estimate of drug-likeness (QED) is 0.258. The van der Waals surface area contributed by atoms with E-state index in [0.717, 1.165) is 35.7 Å². The molecule has 2 aliphatic heterocycles. The van der Waals surface area contributed by atoms with Gasteiger partial charge in [0.1, 0.15) is 18.1 Å². The van der Waals surface area contributed by atoms with Crippen LogP contribution in [0.3, 0.4) is 0 Å². The monoisotopic (exact) mass is 581 g/mol. The lowest BCUT2D eigenvalue weighted by Gasteiger charge is -2.26. The van der Waals surface area contributed by atoms with E-state index >= 15 is 0 Å². The van der Waals surface area contributed by atoms with E-state index in [9.17, 15) is 0 Å². The molecular weight excluding hydrogens is 536 g/mol. The van der Waals surface area contributed by atoms with E-state index in [4.69, 9.17) is 4.74 Å². The van der Waals surface area contributed by atoms with Gasteiger partial charge in [0.15, 0.2) is 5.71 Å². The first kappa shape index (κ1) is 29.7. The topological polar surface area (TPSA) is 15.5 Å². The largest absolute Gasteiger partial charge is 0.456 e. The van der Waals surface area contributed by atoms with E-state index in [2.05, 4.69) is 138 Å². The highest BCUT2D eigenvalue weighted by molar-refractivity contribution is 6.03. The molecule has 224 valence electrons.